The van der Waals surface area contributed by atoms with Gasteiger partial charge in [-0.3, -0.25) is 0 Å². The van der Waals surface area contributed by atoms with Crippen molar-refractivity contribution < 1.29 is 10.2 Å². The summed E-state index contributed by atoms with van der Waals surface area (Å²) in [4.78, 5) is 0. The molecule has 6 heteroatoms. The molecule has 3 unspecified atom stereocenters. The van der Waals surface area contributed by atoms with Gasteiger partial charge in [0.15, 0.2) is 0 Å². The van der Waals surface area contributed by atoms with E-state index in [2.05, 4.69) is 10.6 Å². The molecule has 0 spiro atoms. The fourth-order valence-electron chi connectivity index (χ4n) is 1.79. The molecule has 0 aliphatic rings. The van der Waals surface area contributed by atoms with Crippen LogP contribution in [-0.2, 0) is 0 Å². The molecule has 0 aromatic rings. The first-order valence-electron chi connectivity index (χ1n) is 8.23. The maximum Gasteiger partial charge on any atom is 0.0965 e. The molecular weight excluding hydrogens is 304 g/mol. The van der Waals surface area contributed by atoms with Gasteiger partial charge in [0.1, 0.15) is 0 Å². The smallest absolute Gasteiger partial charge is 0.0965 e. The summed E-state index contributed by atoms with van der Waals surface area (Å²) in [6, 6.07) is 0.139. The van der Waals surface area contributed by atoms with Gasteiger partial charge in [-0.2, -0.15) is 0 Å². The fraction of sp³-hybridized carbons (Fsp3) is 0.556. The zero-order valence-corrected chi connectivity index (χ0v) is 15.2. The molecule has 0 aliphatic carbocycles. The van der Waals surface area contributed by atoms with Crippen molar-refractivity contribution in [3.05, 3.63) is 48.4 Å². The van der Waals surface area contributed by atoms with Crippen molar-refractivity contribution in [3.8, 4) is 0 Å². The first kappa shape index (κ1) is 22.4. The van der Waals surface area contributed by atoms with Gasteiger partial charge in [0.25, 0.3) is 0 Å². The number of nitrogens with one attached hydrogen (secondary N) is 2. The zero-order chi connectivity index (χ0) is 18.6. The summed E-state index contributed by atoms with van der Waals surface area (Å²) >= 11 is 0. The molecule has 0 heterocycles. The second-order valence-corrected chi connectivity index (χ2v) is 6.50. The molecule has 0 aromatic heterocycles. The van der Waals surface area contributed by atoms with Gasteiger partial charge in [-0.05, 0) is 57.8 Å². The molecule has 0 aliphatic heterocycles. The maximum atomic E-state index is 10.3. The van der Waals surface area contributed by atoms with Crippen molar-refractivity contribution >= 4 is 0 Å². The molecule has 0 amide bonds. The minimum Gasteiger partial charge on any atom is -0.389 e. The Morgan fingerprint density at radius 2 is 1.50 bits per heavy atom. The predicted molar refractivity (Wildman–Crippen MR) is 101 cm³/mol. The Labute approximate surface area is 146 Å². The third-order valence-electron chi connectivity index (χ3n) is 3.01. The van der Waals surface area contributed by atoms with Crippen LogP contribution in [0.2, 0.25) is 0 Å². The van der Waals surface area contributed by atoms with Crippen molar-refractivity contribution in [2.45, 2.75) is 51.5 Å². The molecule has 3 atom stereocenters. The van der Waals surface area contributed by atoms with E-state index >= 15 is 0 Å². The van der Waals surface area contributed by atoms with E-state index in [1.54, 1.807) is 56.6 Å². The van der Waals surface area contributed by atoms with E-state index in [1.807, 2.05) is 13.8 Å². The summed E-state index contributed by atoms with van der Waals surface area (Å²) in [5.74, 6) is 0. The molecule has 138 valence electrons. The van der Waals surface area contributed by atoms with Crippen LogP contribution in [0, 0.1) is 0 Å². The lowest BCUT2D eigenvalue weighted by Gasteiger charge is -2.24. The lowest BCUT2D eigenvalue weighted by atomic mass is 9.92. The van der Waals surface area contributed by atoms with Crippen molar-refractivity contribution in [1.82, 2.24) is 10.6 Å². The van der Waals surface area contributed by atoms with Gasteiger partial charge in [0, 0.05) is 25.2 Å². The molecule has 0 saturated heterocycles. The van der Waals surface area contributed by atoms with E-state index in [4.69, 9.17) is 11.5 Å². The molecule has 0 bridgehead atoms. The number of hydrogen-bond acceptors (Lipinski definition) is 6. The maximum absolute atomic E-state index is 10.3. The third kappa shape index (κ3) is 11.9. The van der Waals surface area contributed by atoms with Crippen LogP contribution in [0.3, 0.4) is 0 Å². The topological polar surface area (TPSA) is 117 Å². The average Bonchev–Trinajstić information content (AvgIpc) is 2.44. The highest BCUT2D eigenvalue weighted by Gasteiger charge is 2.23. The average molecular weight is 338 g/mol. The number of allylic oxidation sites excluding steroid dienone is 4. The van der Waals surface area contributed by atoms with Crippen molar-refractivity contribution in [1.29, 1.82) is 0 Å². The number of aliphatic hydroxyl groups is 2. The lowest BCUT2D eigenvalue weighted by molar-refractivity contribution is 0.0919. The molecule has 8 N–H and O–H groups in total. The lowest BCUT2D eigenvalue weighted by Crippen LogP contribution is -2.29. The number of rotatable bonds is 11. The fourth-order valence-corrected chi connectivity index (χ4v) is 1.79. The summed E-state index contributed by atoms with van der Waals surface area (Å²) < 4.78 is 0. The second-order valence-electron chi connectivity index (χ2n) is 6.50. The van der Waals surface area contributed by atoms with Gasteiger partial charge in [-0.1, -0.05) is 18.2 Å². The molecule has 0 saturated carbocycles. The molecule has 0 aromatic carbocycles. The Morgan fingerprint density at radius 1 is 1.00 bits per heavy atom. The van der Waals surface area contributed by atoms with E-state index in [9.17, 15) is 10.2 Å². The van der Waals surface area contributed by atoms with E-state index in [0.717, 1.165) is 0 Å². The monoisotopic (exact) mass is 338 g/mol. The highest BCUT2D eigenvalue weighted by molar-refractivity contribution is 5.28. The Hall–Kier alpha value is -1.60. The van der Waals surface area contributed by atoms with Crippen LogP contribution in [0.1, 0.15) is 27.7 Å². The molecule has 6 nitrogen and oxygen atoms in total. The van der Waals surface area contributed by atoms with Gasteiger partial charge < -0.3 is 32.3 Å². The SMILES string of the molecule is CC(N)CNC=CC=CC(O)C(=CC=CNCC(C)N)C(C)(C)O. The highest BCUT2D eigenvalue weighted by Crippen LogP contribution is 2.20. The zero-order valence-electron chi connectivity index (χ0n) is 15.2. The Kier molecular flexibility index (Phi) is 11.1. The van der Waals surface area contributed by atoms with E-state index in [-0.39, 0.29) is 12.1 Å². The third-order valence-corrected chi connectivity index (χ3v) is 3.01. The quantitative estimate of drug-likeness (QED) is 0.306. The number of aliphatic hydroxyl groups excluding tert-OH is 1. The summed E-state index contributed by atoms with van der Waals surface area (Å²) in [6.45, 7) is 8.44. The summed E-state index contributed by atoms with van der Waals surface area (Å²) in [5, 5.41) is 26.6. The standard InChI is InChI=1S/C18H34N4O2/c1-14(19)12-21-10-6-5-9-17(23)16(18(3,4)24)8-7-11-22-13-15(2)20/h5-11,14-15,17,21-24H,12-13,19-20H2,1-4H3. The minimum atomic E-state index is -1.13. The highest BCUT2D eigenvalue weighted by atomic mass is 16.3. The van der Waals surface area contributed by atoms with E-state index < -0.39 is 11.7 Å². The van der Waals surface area contributed by atoms with Gasteiger partial charge in [-0.25, -0.2) is 0 Å². The number of nitrogens with two attached hydrogens (primary N) is 2. The molecule has 0 fully saturated rings. The van der Waals surface area contributed by atoms with Crippen LogP contribution < -0.4 is 22.1 Å². The van der Waals surface area contributed by atoms with Crippen LogP contribution in [0.25, 0.3) is 0 Å². The first-order chi connectivity index (χ1) is 11.1. The Bertz CT molecular complexity index is 446. The van der Waals surface area contributed by atoms with Crippen molar-refractivity contribution in [3.63, 3.8) is 0 Å². The molecular formula is C18H34N4O2. The predicted octanol–water partition coefficient (Wildman–Crippen LogP) is 0.502. The van der Waals surface area contributed by atoms with E-state index in [1.165, 1.54) is 0 Å². The number of hydrogen-bond donors (Lipinski definition) is 6. The summed E-state index contributed by atoms with van der Waals surface area (Å²) in [6.07, 6.45) is 11.2. The molecule has 24 heavy (non-hydrogen) atoms. The Morgan fingerprint density at radius 3 is 1.96 bits per heavy atom. The van der Waals surface area contributed by atoms with Crippen molar-refractivity contribution in [2.24, 2.45) is 11.5 Å². The van der Waals surface area contributed by atoms with E-state index in [0.29, 0.717) is 18.7 Å². The first-order valence-corrected chi connectivity index (χ1v) is 8.23. The van der Waals surface area contributed by atoms with Gasteiger partial charge >= 0.3 is 0 Å². The van der Waals surface area contributed by atoms with Crippen LogP contribution >= 0.6 is 0 Å². The van der Waals surface area contributed by atoms with Crippen LogP contribution in [0.15, 0.2) is 48.4 Å². The minimum absolute atomic E-state index is 0.0589. The van der Waals surface area contributed by atoms with Crippen LogP contribution in [-0.4, -0.2) is 47.1 Å². The molecule has 0 rings (SSSR count). The second kappa shape index (κ2) is 11.9. The van der Waals surface area contributed by atoms with Crippen LogP contribution in [0.4, 0.5) is 0 Å². The normalized spacial score (nSPS) is 17.6. The van der Waals surface area contributed by atoms with Gasteiger partial charge in [0.05, 0.1) is 11.7 Å². The molecule has 0 radical (unpaired) electrons. The van der Waals surface area contributed by atoms with Gasteiger partial charge in [-0.15, -0.1) is 0 Å². The largest absolute Gasteiger partial charge is 0.389 e. The van der Waals surface area contributed by atoms with Crippen LogP contribution in [0.5, 0.6) is 0 Å². The summed E-state index contributed by atoms with van der Waals surface area (Å²) in [5.41, 5.74) is 10.6. The Balaban J connectivity index is 4.69. The summed E-state index contributed by atoms with van der Waals surface area (Å²) in [7, 11) is 0. The van der Waals surface area contributed by atoms with Crippen molar-refractivity contribution in [2.75, 3.05) is 13.1 Å². The van der Waals surface area contributed by atoms with Gasteiger partial charge in [0.2, 0.25) is 0 Å².